The maximum Gasteiger partial charge on any atom is 0.389 e. The molecular formula is C21H31F3N2O2. The number of ether oxygens (including phenoxy) is 1. The molecule has 1 N–H and O–H groups in total. The second kappa shape index (κ2) is 13.0. The Balaban J connectivity index is 0.00000352. The van der Waals surface area contributed by atoms with Crippen LogP contribution in [0.15, 0.2) is 24.8 Å². The summed E-state index contributed by atoms with van der Waals surface area (Å²) in [4.78, 5) is 15.7. The second-order valence-electron chi connectivity index (χ2n) is 5.94. The lowest BCUT2D eigenvalue weighted by molar-refractivity contribution is -0.135. The van der Waals surface area contributed by atoms with Gasteiger partial charge in [0, 0.05) is 12.0 Å². The van der Waals surface area contributed by atoms with Crippen molar-refractivity contribution < 1.29 is 22.7 Å². The normalized spacial score (nSPS) is 12.1. The highest BCUT2D eigenvalue weighted by molar-refractivity contribution is 5.98. The highest BCUT2D eigenvalue weighted by atomic mass is 19.4. The molecule has 1 rings (SSSR count). The van der Waals surface area contributed by atoms with E-state index in [1.165, 1.54) is 7.11 Å². The zero-order chi connectivity index (χ0) is 21.7. The van der Waals surface area contributed by atoms with Gasteiger partial charge in [0.05, 0.1) is 12.8 Å². The van der Waals surface area contributed by atoms with Crippen molar-refractivity contribution in [2.45, 2.75) is 59.6 Å². The lowest BCUT2D eigenvalue weighted by Gasteiger charge is -2.13. The summed E-state index contributed by atoms with van der Waals surface area (Å²) >= 11 is 0. The molecule has 1 aromatic heterocycles. The lowest BCUT2D eigenvalue weighted by Crippen LogP contribution is -2.10. The molecule has 7 heteroatoms. The Morgan fingerprint density at radius 3 is 2.54 bits per heavy atom. The molecule has 1 aromatic rings. The number of aromatic nitrogens is 1. The summed E-state index contributed by atoms with van der Waals surface area (Å²) in [7, 11) is 1.52. The van der Waals surface area contributed by atoms with Crippen LogP contribution in [0.25, 0.3) is 6.08 Å². The van der Waals surface area contributed by atoms with Crippen molar-refractivity contribution in [2.75, 3.05) is 12.4 Å². The number of methoxy groups -OCH3 is 1. The van der Waals surface area contributed by atoms with E-state index in [0.29, 0.717) is 29.2 Å². The number of alkyl halides is 3. The Morgan fingerprint density at radius 1 is 1.39 bits per heavy atom. The number of anilines is 1. The third kappa shape index (κ3) is 9.58. The summed E-state index contributed by atoms with van der Waals surface area (Å²) in [6, 6.07) is 1.66. The zero-order valence-corrected chi connectivity index (χ0v) is 17.3. The van der Waals surface area contributed by atoms with E-state index in [1.807, 2.05) is 26.8 Å². The smallest absolute Gasteiger partial charge is 0.389 e. The number of allylic oxidation sites excluding steroid dienone is 1. The number of rotatable bonds is 9. The molecule has 1 heterocycles. The van der Waals surface area contributed by atoms with Gasteiger partial charge >= 0.3 is 6.18 Å². The Kier molecular flexibility index (Phi) is 11.9. The van der Waals surface area contributed by atoms with Gasteiger partial charge < -0.3 is 10.1 Å². The fourth-order valence-electron chi connectivity index (χ4n) is 2.56. The van der Waals surface area contributed by atoms with E-state index in [1.54, 1.807) is 19.1 Å². The molecule has 0 saturated carbocycles. The van der Waals surface area contributed by atoms with Crippen molar-refractivity contribution in [2.24, 2.45) is 5.92 Å². The number of carbonyl (C=O) groups excluding carboxylic acids is 1. The molecule has 1 amide bonds. The molecule has 28 heavy (non-hydrogen) atoms. The van der Waals surface area contributed by atoms with Crippen LogP contribution in [-0.2, 0) is 4.79 Å². The predicted octanol–water partition coefficient (Wildman–Crippen LogP) is 6.32. The molecule has 158 valence electrons. The van der Waals surface area contributed by atoms with Crippen molar-refractivity contribution in [1.82, 2.24) is 4.98 Å². The molecule has 0 fully saturated rings. The van der Waals surface area contributed by atoms with Gasteiger partial charge in [-0.1, -0.05) is 39.5 Å². The summed E-state index contributed by atoms with van der Waals surface area (Å²) in [5, 5.41) is 2.59. The van der Waals surface area contributed by atoms with Crippen molar-refractivity contribution in [3.8, 4) is 5.75 Å². The molecule has 0 radical (unpaired) electrons. The van der Waals surface area contributed by atoms with Crippen molar-refractivity contribution >= 4 is 17.8 Å². The molecule has 0 aliphatic carbocycles. The highest BCUT2D eigenvalue weighted by Gasteiger charge is 2.26. The van der Waals surface area contributed by atoms with Gasteiger partial charge in [-0.3, -0.25) is 4.79 Å². The number of nitrogens with one attached hydrogen (secondary N) is 1. The van der Waals surface area contributed by atoms with Gasteiger partial charge in [-0.05, 0) is 44.2 Å². The first-order valence-corrected chi connectivity index (χ1v) is 9.44. The molecule has 0 aliphatic heterocycles. The van der Waals surface area contributed by atoms with Crippen LogP contribution in [0.3, 0.4) is 0 Å². The molecule has 1 atom stereocenters. The number of carbonyl (C=O) groups is 1. The van der Waals surface area contributed by atoms with Crippen molar-refractivity contribution in [1.29, 1.82) is 0 Å². The summed E-state index contributed by atoms with van der Waals surface area (Å²) < 4.78 is 42.3. The van der Waals surface area contributed by atoms with E-state index in [2.05, 4.69) is 16.9 Å². The monoisotopic (exact) mass is 400 g/mol. The highest BCUT2D eigenvalue weighted by Crippen LogP contribution is 2.28. The minimum atomic E-state index is -4.12. The molecule has 0 aliphatic rings. The Bertz CT molecular complexity index is 656. The maximum atomic E-state index is 12.3. The van der Waals surface area contributed by atoms with Crippen LogP contribution in [0.4, 0.5) is 19.0 Å². The summed E-state index contributed by atoms with van der Waals surface area (Å²) in [5.41, 5.74) is 1.30. The number of nitrogens with zero attached hydrogens (tertiary/aromatic N) is 1. The number of pyridine rings is 1. The number of amides is 1. The van der Waals surface area contributed by atoms with E-state index in [9.17, 15) is 18.0 Å². The average Bonchev–Trinajstić information content (AvgIpc) is 2.64. The number of hydrogen-bond donors (Lipinski definition) is 1. The van der Waals surface area contributed by atoms with Crippen molar-refractivity contribution in [3.63, 3.8) is 0 Å². The fourth-order valence-corrected chi connectivity index (χ4v) is 2.56. The van der Waals surface area contributed by atoms with E-state index in [4.69, 9.17) is 4.74 Å². The second-order valence-corrected chi connectivity index (χ2v) is 5.94. The van der Waals surface area contributed by atoms with Crippen LogP contribution in [-0.4, -0.2) is 24.2 Å². The fraction of sp³-hybridized carbons (Fsp3) is 0.524. The summed E-state index contributed by atoms with van der Waals surface area (Å²) in [6.45, 7) is 11.1. The van der Waals surface area contributed by atoms with Gasteiger partial charge in [0.2, 0.25) is 5.91 Å². The SMILES string of the molecule is C=CC(=O)Nc1cc(/C=C/C(CC)CCCC(F)(F)F)c(OC)c(C)n1.CC. The Morgan fingerprint density at radius 2 is 2.04 bits per heavy atom. The van der Waals surface area contributed by atoms with Crippen LogP contribution < -0.4 is 10.1 Å². The molecule has 0 bridgehead atoms. The predicted molar refractivity (Wildman–Crippen MR) is 108 cm³/mol. The van der Waals surface area contributed by atoms with E-state index in [-0.39, 0.29) is 18.2 Å². The Labute approximate surface area is 165 Å². The third-order valence-electron chi connectivity index (χ3n) is 3.92. The van der Waals surface area contributed by atoms with Gasteiger partial charge in [-0.15, -0.1) is 0 Å². The first-order chi connectivity index (χ1) is 13.2. The van der Waals surface area contributed by atoms with Crippen LogP contribution in [0.2, 0.25) is 0 Å². The molecule has 0 spiro atoms. The van der Waals surface area contributed by atoms with Crippen molar-refractivity contribution in [3.05, 3.63) is 36.1 Å². The summed E-state index contributed by atoms with van der Waals surface area (Å²) in [5.74, 6) is 0.568. The number of aryl methyl sites for hydroxylation is 1. The number of hydrogen-bond acceptors (Lipinski definition) is 3. The van der Waals surface area contributed by atoms with E-state index >= 15 is 0 Å². The van der Waals surface area contributed by atoms with Gasteiger partial charge in [-0.25, -0.2) is 4.98 Å². The standard InChI is InChI=1S/C19H25F3N2O2.C2H6/c1-5-14(8-7-11-19(20,21)22)9-10-15-12-16(24-17(25)6-2)23-13(3)18(15)26-4;1-2/h6,9-10,12,14H,2,5,7-8,11H2,1,3-4H3,(H,23,24,25);1-2H3/b10-9+;. The van der Waals surface area contributed by atoms with E-state index in [0.717, 1.165) is 12.5 Å². The quantitative estimate of drug-likeness (QED) is 0.493. The lowest BCUT2D eigenvalue weighted by atomic mass is 9.97. The minimum absolute atomic E-state index is 0.0294. The largest absolute Gasteiger partial charge is 0.494 e. The van der Waals surface area contributed by atoms with Gasteiger partial charge in [0.1, 0.15) is 11.6 Å². The Hall–Kier alpha value is -2.31. The van der Waals surface area contributed by atoms with Gasteiger partial charge in [0.15, 0.2) is 0 Å². The van der Waals surface area contributed by atoms with Crippen LogP contribution in [0, 0.1) is 12.8 Å². The van der Waals surface area contributed by atoms with Crippen LogP contribution in [0.1, 0.15) is 57.7 Å². The van der Waals surface area contributed by atoms with Gasteiger partial charge in [-0.2, -0.15) is 13.2 Å². The molecule has 0 aromatic carbocycles. The molecular weight excluding hydrogens is 369 g/mol. The maximum absolute atomic E-state index is 12.3. The minimum Gasteiger partial charge on any atom is -0.494 e. The molecule has 4 nitrogen and oxygen atoms in total. The van der Waals surface area contributed by atoms with E-state index < -0.39 is 12.6 Å². The average molecular weight is 400 g/mol. The number of halogens is 3. The molecule has 0 saturated heterocycles. The topological polar surface area (TPSA) is 51.2 Å². The van der Waals surface area contributed by atoms with Gasteiger partial charge in [0.25, 0.3) is 0 Å². The van der Waals surface area contributed by atoms with Crippen LogP contribution >= 0.6 is 0 Å². The third-order valence-corrected chi connectivity index (χ3v) is 3.92. The first kappa shape index (κ1) is 25.7. The molecule has 1 unspecified atom stereocenters. The summed E-state index contributed by atoms with van der Waals surface area (Å²) in [6.07, 6.45) is 1.23. The zero-order valence-electron chi connectivity index (χ0n) is 17.3. The first-order valence-electron chi connectivity index (χ1n) is 9.44. The van der Waals surface area contributed by atoms with Crippen LogP contribution in [0.5, 0.6) is 5.75 Å².